The number of thioether (sulfide) groups is 1. The lowest BCUT2D eigenvalue weighted by Gasteiger charge is -2.28. The van der Waals surface area contributed by atoms with Crippen LogP contribution in [0.1, 0.15) is 27.9 Å². The predicted octanol–water partition coefficient (Wildman–Crippen LogP) is 3.68. The second-order valence-electron chi connectivity index (χ2n) is 6.43. The molecule has 2 aromatic rings. The van der Waals surface area contributed by atoms with Crippen molar-refractivity contribution in [2.24, 2.45) is 0 Å². The van der Waals surface area contributed by atoms with Crippen LogP contribution in [-0.4, -0.2) is 41.1 Å². The van der Waals surface area contributed by atoms with Crippen LogP contribution >= 0.6 is 11.8 Å². The van der Waals surface area contributed by atoms with Gasteiger partial charge < -0.3 is 9.64 Å². The van der Waals surface area contributed by atoms with Gasteiger partial charge >= 0.3 is 5.97 Å². The van der Waals surface area contributed by atoms with Crippen molar-refractivity contribution in [3.05, 3.63) is 71.3 Å². The largest absolute Gasteiger partial charge is 0.467 e. The Labute approximate surface area is 158 Å². The zero-order valence-electron chi connectivity index (χ0n) is 15.1. The first-order valence-corrected chi connectivity index (χ1v) is 9.77. The minimum atomic E-state index is -0.528. The molecule has 1 aliphatic heterocycles. The van der Waals surface area contributed by atoms with Crippen LogP contribution in [0, 0.1) is 6.92 Å². The first-order valence-electron chi connectivity index (χ1n) is 8.73. The molecule has 3 rings (SSSR count). The third-order valence-corrected chi connectivity index (χ3v) is 5.98. The highest BCUT2D eigenvalue weighted by Gasteiger charge is 2.42. The summed E-state index contributed by atoms with van der Waals surface area (Å²) in [7, 11) is 1.37. The maximum atomic E-state index is 13.1. The summed E-state index contributed by atoms with van der Waals surface area (Å²) in [5, 5.41) is -0.0342. The molecule has 0 aliphatic carbocycles. The molecule has 4 nitrogen and oxygen atoms in total. The summed E-state index contributed by atoms with van der Waals surface area (Å²) in [5.41, 5.74) is 2.94. The smallest absolute Gasteiger partial charge is 0.329 e. The first-order chi connectivity index (χ1) is 12.6. The van der Waals surface area contributed by atoms with Gasteiger partial charge in [-0.1, -0.05) is 48.0 Å². The first kappa shape index (κ1) is 18.5. The molecule has 1 fully saturated rings. The third-order valence-electron chi connectivity index (χ3n) is 4.62. The number of rotatable bonds is 5. The SMILES string of the molecule is COC(=O)C1CSC(CCc2ccccc2)N1C(=O)c1ccc(C)cc1. The van der Waals surface area contributed by atoms with Gasteiger partial charge in [0, 0.05) is 11.3 Å². The van der Waals surface area contributed by atoms with Crippen molar-refractivity contribution in [2.45, 2.75) is 31.2 Å². The van der Waals surface area contributed by atoms with Gasteiger partial charge in [0.25, 0.3) is 5.91 Å². The number of benzene rings is 2. The Morgan fingerprint density at radius 2 is 1.81 bits per heavy atom. The zero-order valence-corrected chi connectivity index (χ0v) is 15.9. The van der Waals surface area contributed by atoms with E-state index in [1.807, 2.05) is 49.4 Å². The fraction of sp³-hybridized carbons (Fsp3) is 0.333. The van der Waals surface area contributed by atoms with Gasteiger partial charge in [0.05, 0.1) is 12.5 Å². The van der Waals surface area contributed by atoms with Gasteiger partial charge in [-0.25, -0.2) is 4.79 Å². The number of amides is 1. The molecule has 0 radical (unpaired) electrons. The Balaban J connectivity index is 1.80. The molecule has 0 spiro atoms. The van der Waals surface area contributed by atoms with E-state index in [0.29, 0.717) is 11.3 Å². The van der Waals surface area contributed by atoms with Crippen molar-refractivity contribution in [1.29, 1.82) is 0 Å². The molecule has 2 unspecified atom stereocenters. The van der Waals surface area contributed by atoms with Gasteiger partial charge in [-0.15, -0.1) is 11.8 Å². The van der Waals surface area contributed by atoms with Crippen molar-refractivity contribution >= 4 is 23.6 Å². The minimum Gasteiger partial charge on any atom is -0.467 e. The fourth-order valence-corrected chi connectivity index (χ4v) is 4.54. The normalized spacial score (nSPS) is 19.4. The van der Waals surface area contributed by atoms with Crippen LogP contribution in [0.5, 0.6) is 0 Å². The van der Waals surface area contributed by atoms with E-state index in [1.54, 1.807) is 16.7 Å². The molecular weight excluding hydrogens is 346 g/mol. The van der Waals surface area contributed by atoms with E-state index in [1.165, 1.54) is 12.7 Å². The number of carbonyl (C=O) groups is 2. The topological polar surface area (TPSA) is 46.6 Å². The Bertz CT molecular complexity index is 761. The summed E-state index contributed by atoms with van der Waals surface area (Å²) in [6.45, 7) is 1.99. The second kappa shape index (κ2) is 8.41. The van der Waals surface area contributed by atoms with Crippen molar-refractivity contribution in [3.8, 4) is 0 Å². The van der Waals surface area contributed by atoms with E-state index in [9.17, 15) is 9.59 Å². The van der Waals surface area contributed by atoms with Crippen LogP contribution in [0.25, 0.3) is 0 Å². The summed E-state index contributed by atoms with van der Waals surface area (Å²) in [6, 6.07) is 17.2. The maximum Gasteiger partial charge on any atom is 0.329 e. The third kappa shape index (κ3) is 4.10. The minimum absolute atomic E-state index is 0.0342. The molecule has 2 aromatic carbocycles. The van der Waals surface area contributed by atoms with Gasteiger partial charge in [-0.2, -0.15) is 0 Å². The highest BCUT2D eigenvalue weighted by molar-refractivity contribution is 8.00. The lowest BCUT2D eigenvalue weighted by Crippen LogP contribution is -2.46. The van der Waals surface area contributed by atoms with Crippen molar-refractivity contribution < 1.29 is 14.3 Å². The summed E-state index contributed by atoms with van der Waals surface area (Å²) >= 11 is 1.65. The van der Waals surface area contributed by atoms with Crippen molar-refractivity contribution in [2.75, 3.05) is 12.9 Å². The lowest BCUT2D eigenvalue weighted by atomic mass is 10.1. The van der Waals surface area contributed by atoms with Crippen molar-refractivity contribution in [3.63, 3.8) is 0 Å². The lowest BCUT2D eigenvalue weighted by molar-refractivity contribution is -0.145. The molecule has 26 heavy (non-hydrogen) atoms. The van der Waals surface area contributed by atoms with E-state index in [-0.39, 0.29) is 17.3 Å². The maximum absolute atomic E-state index is 13.1. The van der Waals surface area contributed by atoms with Crippen LogP contribution in [0.15, 0.2) is 54.6 Å². The molecule has 1 saturated heterocycles. The molecule has 0 saturated carbocycles. The molecule has 0 bridgehead atoms. The number of nitrogens with zero attached hydrogens (tertiary/aromatic N) is 1. The summed E-state index contributed by atoms with van der Waals surface area (Å²) in [5.74, 6) is 0.118. The van der Waals surface area contributed by atoms with Crippen LogP contribution < -0.4 is 0 Å². The average Bonchev–Trinajstić information content (AvgIpc) is 3.10. The molecule has 2 atom stereocenters. The molecule has 5 heteroatoms. The summed E-state index contributed by atoms with van der Waals surface area (Å²) < 4.78 is 4.93. The number of hydrogen-bond donors (Lipinski definition) is 0. The van der Waals surface area contributed by atoms with E-state index < -0.39 is 6.04 Å². The quantitative estimate of drug-likeness (QED) is 0.754. The second-order valence-corrected chi connectivity index (χ2v) is 7.64. The van der Waals surface area contributed by atoms with Gasteiger partial charge in [-0.3, -0.25) is 4.79 Å². The van der Waals surface area contributed by atoms with Gasteiger partial charge in [-0.05, 0) is 37.5 Å². The van der Waals surface area contributed by atoms with Crippen LogP contribution in [0.4, 0.5) is 0 Å². The van der Waals surface area contributed by atoms with E-state index >= 15 is 0 Å². The van der Waals surface area contributed by atoms with Gasteiger partial charge in [0.15, 0.2) is 0 Å². The molecule has 1 heterocycles. The number of methoxy groups -OCH3 is 1. The Morgan fingerprint density at radius 1 is 1.12 bits per heavy atom. The zero-order chi connectivity index (χ0) is 18.5. The Kier molecular flexibility index (Phi) is 5.99. The molecule has 136 valence electrons. The fourth-order valence-electron chi connectivity index (χ4n) is 3.16. The molecule has 1 amide bonds. The number of aryl methyl sites for hydroxylation is 2. The van der Waals surface area contributed by atoms with Gasteiger partial charge in [0.2, 0.25) is 0 Å². The standard InChI is InChI=1S/C21H23NO3S/c1-15-8-11-17(12-9-15)20(23)22-18(21(24)25-2)14-26-19(22)13-10-16-6-4-3-5-7-16/h3-9,11-12,18-19H,10,13-14H2,1-2H3. The predicted molar refractivity (Wildman–Crippen MR) is 104 cm³/mol. The highest BCUT2D eigenvalue weighted by atomic mass is 32.2. The Morgan fingerprint density at radius 3 is 2.46 bits per heavy atom. The van der Waals surface area contributed by atoms with Crippen LogP contribution in [-0.2, 0) is 16.0 Å². The van der Waals surface area contributed by atoms with Gasteiger partial charge in [0.1, 0.15) is 6.04 Å². The van der Waals surface area contributed by atoms with E-state index in [4.69, 9.17) is 4.74 Å². The molecular formula is C21H23NO3S. The van der Waals surface area contributed by atoms with E-state index in [0.717, 1.165) is 18.4 Å². The molecule has 1 aliphatic rings. The number of esters is 1. The average molecular weight is 369 g/mol. The summed E-state index contributed by atoms with van der Waals surface area (Å²) in [4.78, 5) is 27.0. The van der Waals surface area contributed by atoms with Crippen LogP contribution in [0.2, 0.25) is 0 Å². The number of ether oxygens (including phenoxy) is 1. The number of hydrogen-bond acceptors (Lipinski definition) is 4. The van der Waals surface area contributed by atoms with Crippen molar-refractivity contribution in [1.82, 2.24) is 4.90 Å². The Hall–Kier alpha value is -2.27. The van der Waals surface area contributed by atoms with E-state index in [2.05, 4.69) is 12.1 Å². The number of carbonyl (C=O) groups excluding carboxylic acids is 2. The monoisotopic (exact) mass is 369 g/mol. The summed E-state index contributed by atoms with van der Waals surface area (Å²) in [6.07, 6.45) is 1.67. The molecule has 0 aromatic heterocycles. The molecule has 0 N–H and O–H groups in total. The van der Waals surface area contributed by atoms with Crippen LogP contribution in [0.3, 0.4) is 0 Å². The highest BCUT2D eigenvalue weighted by Crippen LogP contribution is 2.34.